The summed E-state index contributed by atoms with van der Waals surface area (Å²) >= 11 is 4.01. The Hall–Kier alpha value is 6.23. The molecule has 19 heavy (non-hydrogen) atoms. The summed E-state index contributed by atoms with van der Waals surface area (Å²) in [7, 11) is 0. The van der Waals surface area contributed by atoms with Crippen molar-refractivity contribution in [2.24, 2.45) is 5.92 Å². The molecular formula is C9H13W10-. The van der Waals surface area contributed by atoms with Crippen molar-refractivity contribution in [3.63, 3.8) is 0 Å². The van der Waals surface area contributed by atoms with Crippen LogP contribution >= 0.6 is 0 Å². The Kier molecular flexibility index (Phi) is 167. The molecular weight excluding hydrogens is 1950 g/mol. The smallest absolute Gasteiger partial charge is 0.358 e. The van der Waals surface area contributed by atoms with Crippen LogP contribution in [0.25, 0.3) is 0 Å². The van der Waals surface area contributed by atoms with E-state index < -0.39 is 0 Å². The van der Waals surface area contributed by atoms with Crippen molar-refractivity contribution in [2.75, 3.05) is 0 Å². The largest absolute Gasteiger partial charge is 2.00 e. The zero-order valence-electron chi connectivity index (χ0n) is 10.4. The first-order valence-electron chi connectivity index (χ1n) is 2.95. The van der Waals surface area contributed by atoms with Crippen LogP contribution in [0.2, 0.25) is 0 Å². The van der Waals surface area contributed by atoms with Crippen molar-refractivity contribution < 1.29 is 206 Å². The topological polar surface area (TPSA) is 0 Å². The predicted molar refractivity (Wildman–Crippen MR) is 46.2 cm³/mol. The van der Waals surface area contributed by atoms with E-state index in [2.05, 4.69) is 18.8 Å². The Balaban J connectivity index is -0.00000000966. The van der Waals surface area contributed by atoms with Crippen LogP contribution in [0.3, 0.4) is 0 Å². The fourth-order valence-electron chi connectivity index (χ4n) is 0.391. The average Bonchev–Trinajstić information content (AvgIpc) is 2.05. The summed E-state index contributed by atoms with van der Waals surface area (Å²) < 4.78 is 3.42. The van der Waals surface area contributed by atoms with Crippen LogP contribution in [-0.2, 0) is 206 Å². The molecule has 0 N–H and O–H groups in total. The van der Waals surface area contributed by atoms with E-state index in [0.717, 1.165) is 24.9 Å². The molecule has 0 saturated carbocycles. The minimum Gasteiger partial charge on any atom is -0.358 e. The van der Waals surface area contributed by atoms with Crippen LogP contribution in [0, 0.1) is 19.9 Å². The SMILES string of the molecule is [CH-]=C([CH]=[W])[C](=[W])C(C)C.[CH-]=[W].[CH3-].[W+2].[W].[W].[W].[W].[W].[W]. The van der Waals surface area contributed by atoms with Gasteiger partial charge in [0.1, 0.15) is 0 Å². The van der Waals surface area contributed by atoms with Gasteiger partial charge in [0.15, 0.2) is 0 Å². The second kappa shape index (κ2) is 49.6. The van der Waals surface area contributed by atoms with E-state index in [0.29, 0.717) is 5.92 Å². The van der Waals surface area contributed by atoms with Gasteiger partial charge in [0.05, 0.1) is 0 Å². The van der Waals surface area contributed by atoms with Crippen molar-refractivity contribution in [3.05, 3.63) is 19.6 Å². The van der Waals surface area contributed by atoms with E-state index in [4.69, 9.17) is 6.58 Å². The molecule has 0 rings (SSSR count). The maximum absolute atomic E-state index is 5.68. The molecule has 0 aromatic heterocycles. The van der Waals surface area contributed by atoms with E-state index in [1.807, 2.05) is 4.40 Å². The van der Waals surface area contributed by atoms with Gasteiger partial charge in [0.2, 0.25) is 0 Å². The maximum atomic E-state index is 5.68. The van der Waals surface area contributed by atoms with Crippen LogP contribution in [0.1, 0.15) is 13.8 Å². The van der Waals surface area contributed by atoms with E-state index >= 15 is 0 Å². The van der Waals surface area contributed by atoms with E-state index in [1.54, 1.807) is 0 Å². The van der Waals surface area contributed by atoms with E-state index in [9.17, 15) is 0 Å². The van der Waals surface area contributed by atoms with Gasteiger partial charge in [-0.15, -0.1) is 0 Å². The van der Waals surface area contributed by atoms with Gasteiger partial charge in [0, 0.05) is 126 Å². The van der Waals surface area contributed by atoms with Crippen LogP contribution in [0.15, 0.2) is 5.57 Å². The number of allylic oxidation sites excluding steroid dienone is 1. The van der Waals surface area contributed by atoms with Crippen molar-refractivity contribution in [1.29, 1.82) is 0 Å². The van der Waals surface area contributed by atoms with Crippen molar-refractivity contribution in [2.45, 2.75) is 13.8 Å². The second-order valence-corrected chi connectivity index (χ2v) is 4.52. The Morgan fingerprint density at radius 1 is 0.947 bits per heavy atom. The first-order chi connectivity index (χ1) is 5.09. The summed E-state index contributed by atoms with van der Waals surface area (Å²) in [5, 5.41) is 0. The van der Waals surface area contributed by atoms with Gasteiger partial charge in [-0.05, 0) is 0 Å². The van der Waals surface area contributed by atoms with Gasteiger partial charge >= 0.3 is 124 Å². The Labute approximate surface area is 252 Å². The summed E-state index contributed by atoms with van der Waals surface area (Å²) in [6.45, 7) is 10.0. The van der Waals surface area contributed by atoms with Gasteiger partial charge in [-0.25, -0.2) is 0 Å². The Morgan fingerprint density at radius 2 is 1.16 bits per heavy atom. The van der Waals surface area contributed by atoms with Crippen LogP contribution in [0.4, 0.5) is 0 Å². The molecule has 0 spiro atoms. The Morgan fingerprint density at radius 3 is 1.21 bits per heavy atom. The third-order valence-electron chi connectivity index (χ3n) is 0.936. The molecule has 0 aliphatic carbocycles. The van der Waals surface area contributed by atoms with Gasteiger partial charge in [0.25, 0.3) is 0 Å². The zero-order chi connectivity index (χ0) is 9.44. The minimum atomic E-state index is 0. The summed E-state index contributed by atoms with van der Waals surface area (Å²) in [5.74, 6) is 0.621. The fourth-order valence-corrected chi connectivity index (χ4v) is 2.22. The van der Waals surface area contributed by atoms with Crippen molar-refractivity contribution >= 4 is 13.2 Å². The van der Waals surface area contributed by atoms with Crippen LogP contribution in [0.5, 0.6) is 0 Å². The Bertz CT molecular complexity index is 168. The summed E-state index contributed by atoms with van der Waals surface area (Å²) in [5.41, 5.74) is 0.995. The molecule has 0 nitrogen and oxygen atoms in total. The molecule has 10 heteroatoms. The molecule has 0 amide bonds. The van der Waals surface area contributed by atoms with Crippen LogP contribution in [-0.4, -0.2) is 13.2 Å². The standard InChI is InChI=1S/C7H9.CH3.CH.10W/c1-6(2)5-7(3)4;;;;;;;;;;;;/h1-2,7H,3-4H3;1H3;1H;;;;;;;;;;/q3*-1;;;;;;;;;;+2. The van der Waals surface area contributed by atoms with Gasteiger partial charge in [-0.1, -0.05) is 0 Å². The molecule has 0 aromatic carbocycles. The first kappa shape index (κ1) is 63.9. The van der Waals surface area contributed by atoms with Gasteiger partial charge < -0.3 is 7.43 Å². The summed E-state index contributed by atoms with van der Waals surface area (Å²) in [4.78, 5) is 4.58. The molecule has 0 heterocycles. The van der Waals surface area contributed by atoms with Crippen molar-refractivity contribution in [1.82, 2.24) is 0 Å². The number of rotatable bonds is 3. The molecule has 0 aliphatic rings. The van der Waals surface area contributed by atoms with E-state index in [-0.39, 0.29) is 155 Å². The average molecular weight is 1960 g/mol. The first-order valence-corrected chi connectivity index (χ1v) is 7.80. The third-order valence-corrected chi connectivity index (χ3v) is 4.39. The van der Waals surface area contributed by atoms with Crippen molar-refractivity contribution in [3.8, 4) is 0 Å². The van der Waals surface area contributed by atoms with Gasteiger partial charge in [-0.2, -0.15) is 0 Å². The third kappa shape index (κ3) is 45.5. The number of hydrogen-bond donors (Lipinski definition) is 0. The molecule has 0 atom stereocenters. The fraction of sp³-hybridized carbons (Fsp3) is 0.333. The van der Waals surface area contributed by atoms with Crippen LogP contribution < -0.4 is 0 Å². The zero-order valence-corrected chi connectivity index (χ0v) is 39.7. The summed E-state index contributed by atoms with van der Waals surface area (Å²) in [6.07, 6.45) is 0. The predicted octanol–water partition coefficient (Wildman–Crippen LogP) is 1.34. The molecule has 110 valence electrons. The minimum absolute atomic E-state index is 0. The monoisotopic (exact) mass is 1960 g/mol. The second-order valence-electron chi connectivity index (χ2n) is 2.09. The molecule has 0 fully saturated rings. The van der Waals surface area contributed by atoms with E-state index in [1.165, 1.54) is 42.6 Å². The molecule has 0 aromatic rings. The molecule has 0 radical (unpaired) electrons. The molecule has 0 saturated heterocycles. The molecule has 0 bridgehead atoms. The molecule has 0 unspecified atom stereocenters. The normalized spacial score (nSPS) is 4.58. The molecule has 0 aliphatic heterocycles. The van der Waals surface area contributed by atoms with Gasteiger partial charge in [-0.3, -0.25) is 0 Å². The maximum Gasteiger partial charge on any atom is 2.00 e. The number of hydrogen-bond acceptors (Lipinski definition) is 0. The quantitative estimate of drug-likeness (QED) is 0.376. The summed E-state index contributed by atoms with van der Waals surface area (Å²) in [6, 6.07) is 0.